The third kappa shape index (κ3) is 1.53. The molecule has 2 heteroatoms. The van der Waals surface area contributed by atoms with Gasteiger partial charge in [-0.05, 0) is 30.5 Å². The number of anilines is 1. The van der Waals surface area contributed by atoms with E-state index < -0.39 is 0 Å². The van der Waals surface area contributed by atoms with E-state index in [-0.39, 0.29) is 5.78 Å². The molecule has 0 N–H and O–H groups in total. The van der Waals surface area contributed by atoms with Gasteiger partial charge in [-0.1, -0.05) is 30.3 Å². The van der Waals surface area contributed by atoms with Gasteiger partial charge < -0.3 is 4.90 Å². The predicted octanol–water partition coefficient (Wildman–Crippen LogP) is 3.65. The Morgan fingerprint density at radius 2 is 1.79 bits per heavy atom. The van der Waals surface area contributed by atoms with Gasteiger partial charge in [0.25, 0.3) is 0 Å². The summed E-state index contributed by atoms with van der Waals surface area (Å²) >= 11 is 0. The van der Waals surface area contributed by atoms with Crippen LogP contribution in [0.3, 0.4) is 0 Å². The highest BCUT2D eigenvalue weighted by Gasteiger charge is 2.20. The topological polar surface area (TPSA) is 20.3 Å². The quantitative estimate of drug-likeness (QED) is 0.769. The van der Waals surface area contributed by atoms with Crippen molar-refractivity contribution >= 4 is 28.3 Å². The molecule has 1 heterocycles. The van der Waals surface area contributed by atoms with Crippen LogP contribution in [0.4, 0.5) is 5.69 Å². The van der Waals surface area contributed by atoms with Crippen LogP contribution in [-0.2, 0) is 0 Å². The van der Waals surface area contributed by atoms with Crippen LogP contribution in [0, 0.1) is 0 Å². The average Bonchev–Trinajstić information content (AvgIpc) is 2.97. The van der Waals surface area contributed by atoms with Crippen LogP contribution in [-0.4, -0.2) is 18.9 Å². The van der Waals surface area contributed by atoms with Gasteiger partial charge in [-0.25, -0.2) is 0 Å². The number of allylic oxidation sites excluding steroid dienone is 1. The largest absolute Gasteiger partial charge is 0.371 e. The van der Waals surface area contributed by atoms with E-state index in [0.29, 0.717) is 0 Å². The third-order valence-electron chi connectivity index (χ3n) is 4.18. The molecular weight excluding hydrogens is 234 g/mol. The minimum Gasteiger partial charge on any atom is -0.371 e. The lowest BCUT2D eigenvalue weighted by Crippen LogP contribution is -2.18. The summed E-state index contributed by atoms with van der Waals surface area (Å²) in [6.45, 7) is 2.25. The van der Waals surface area contributed by atoms with Gasteiger partial charge in [0.1, 0.15) is 0 Å². The number of nitrogens with zero attached hydrogens (tertiary/aromatic N) is 1. The summed E-state index contributed by atoms with van der Waals surface area (Å²) in [5.41, 5.74) is 3.28. The highest BCUT2D eigenvalue weighted by atomic mass is 16.1. The SMILES string of the molecule is O=C1C=Cc2ccc(N3CCCC3)c3cccc1c23. The molecule has 4 rings (SSSR count). The molecule has 0 saturated carbocycles. The van der Waals surface area contributed by atoms with Crippen molar-refractivity contribution in [2.75, 3.05) is 18.0 Å². The number of hydrogen-bond donors (Lipinski definition) is 0. The van der Waals surface area contributed by atoms with Crippen LogP contribution in [0.1, 0.15) is 28.8 Å². The maximum atomic E-state index is 12.0. The van der Waals surface area contributed by atoms with Crippen LogP contribution in [0.25, 0.3) is 16.8 Å². The summed E-state index contributed by atoms with van der Waals surface area (Å²) in [6.07, 6.45) is 6.14. The van der Waals surface area contributed by atoms with E-state index in [9.17, 15) is 4.79 Å². The first-order valence-electron chi connectivity index (χ1n) is 6.88. The summed E-state index contributed by atoms with van der Waals surface area (Å²) in [7, 11) is 0. The molecule has 0 bridgehead atoms. The van der Waals surface area contributed by atoms with E-state index in [1.54, 1.807) is 6.08 Å². The lowest BCUT2D eigenvalue weighted by atomic mass is 9.91. The van der Waals surface area contributed by atoms with E-state index in [1.807, 2.05) is 18.2 Å². The number of benzene rings is 2. The zero-order valence-corrected chi connectivity index (χ0v) is 10.7. The predicted molar refractivity (Wildman–Crippen MR) is 78.8 cm³/mol. The molecule has 0 aromatic heterocycles. The van der Waals surface area contributed by atoms with E-state index in [1.165, 1.54) is 23.9 Å². The second-order valence-corrected chi connectivity index (χ2v) is 5.29. The zero-order valence-electron chi connectivity index (χ0n) is 10.7. The molecule has 0 spiro atoms. The van der Waals surface area contributed by atoms with Crippen molar-refractivity contribution in [1.29, 1.82) is 0 Å². The molecule has 2 aromatic rings. The molecule has 0 amide bonds. The number of hydrogen-bond acceptors (Lipinski definition) is 2. The van der Waals surface area contributed by atoms with Gasteiger partial charge in [0.05, 0.1) is 0 Å². The van der Waals surface area contributed by atoms with Crippen molar-refractivity contribution in [1.82, 2.24) is 0 Å². The first-order chi connectivity index (χ1) is 9.34. The van der Waals surface area contributed by atoms with E-state index in [2.05, 4.69) is 23.1 Å². The van der Waals surface area contributed by atoms with Gasteiger partial charge >= 0.3 is 0 Å². The molecule has 2 nitrogen and oxygen atoms in total. The van der Waals surface area contributed by atoms with Crippen molar-refractivity contribution in [3.05, 3.63) is 47.5 Å². The van der Waals surface area contributed by atoms with Crippen molar-refractivity contribution in [3.63, 3.8) is 0 Å². The summed E-state index contributed by atoms with van der Waals surface area (Å²) < 4.78 is 0. The van der Waals surface area contributed by atoms with Crippen molar-refractivity contribution in [3.8, 4) is 0 Å². The van der Waals surface area contributed by atoms with Gasteiger partial charge in [-0.15, -0.1) is 0 Å². The lowest BCUT2D eigenvalue weighted by Gasteiger charge is -2.22. The van der Waals surface area contributed by atoms with Gasteiger partial charge in [0, 0.05) is 35.1 Å². The number of carbonyl (C=O) groups excluding carboxylic acids is 1. The zero-order chi connectivity index (χ0) is 12.8. The fourth-order valence-corrected chi connectivity index (χ4v) is 3.25. The first kappa shape index (κ1) is 10.8. The number of rotatable bonds is 1. The molecule has 2 aliphatic rings. The molecule has 2 aromatic carbocycles. The van der Waals surface area contributed by atoms with E-state index >= 15 is 0 Å². The highest BCUT2D eigenvalue weighted by Crippen LogP contribution is 2.36. The molecule has 0 unspecified atom stereocenters. The minimum absolute atomic E-state index is 0.122. The Balaban J connectivity index is 2.04. The Kier molecular flexibility index (Phi) is 2.25. The molecule has 0 atom stereocenters. The summed E-state index contributed by atoms with van der Waals surface area (Å²) in [5.74, 6) is 0.122. The molecule has 1 aliphatic carbocycles. The Hall–Kier alpha value is -2.09. The van der Waals surface area contributed by atoms with Crippen molar-refractivity contribution in [2.24, 2.45) is 0 Å². The maximum Gasteiger partial charge on any atom is 0.186 e. The first-order valence-corrected chi connectivity index (χ1v) is 6.88. The molecule has 94 valence electrons. The van der Waals surface area contributed by atoms with Crippen molar-refractivity contribution in [2.45, 2.75) is 12.8 Å². The maximum absolute atomic E-state index is 12.0. The Labute approximate surface area is 112 Å². The van der Waals surface area contributed by atoms with Gasteiger partial charge in [-0.3, -0.25) is 4.79 Å². The third-order valence-corrected chi connectivity index (χ3v) is 4.18. The lowest BCUT2D eigenvalue weighted by molar-refractivity contribution is 0.104. The molecular formula is C17H15NO. The fourth-order valence-electron chi connectivity index (χ4n) is 3.25. The van der Waals surface area contributed by atoms with Crippen LogP contribution in [0.2, 0.25) is 0 Å². The monoisotopic (exact) mass is 249 g/mol. The van der Waals surface area contributed by atoms with E-state index in [0.717, 1.165) is 29.6 Å². The van der Waals surface area contributed by atoms with Crippen molar-refractivity contribution < 1.29 is 4.79 Å². The Morgan fingerprint density at radius 1 is 0.947 bits per heavy atom. The molecule has 1 aliphatic heterocycles. The fraction of sp³-hybridized carbons (Fsp3) is 0.235. The molecule has 19 heavy (non-hydrogen) atoms. The van der Waals surface area contributed by atoms with Crippen LogP contribution in [0.15, 0.2) is 36.4 Å². The minimum atomic E-state index is 0.122. The Bertz CT molecular complexity index is 709. The normalized spacial score (nSPS) is 17.5. The number of ketones is 1. The van der Waals surface area contributed by atoms with Crippen LogP contribution >= 0.6 is 0 Å². The molecule has 0 radical (unpaired) electrons. The molecule has 1 saturated heterocycles. The van der Waals surface area contributed by atoms with E-state index in [4.69, 9.17) is 0 Å². The van der Waals surface area contributed by atoms with Crippen LogP contribution < -0.4 is 4.90 Å². The Morgan fingerprint density at radius 3 is 2.63 bits per heavy atom. The number of carbonyl (C=O) groups is 1. The average molecular weight is 249 g/mol. The summed E-state index contributed by atoms with van der Waals surface area (Å²) in [5, 5.41) is 2.34. The molecule has 1 fully saturated rings. The standard InChI is InChI=1S/C17H15NO/c19-16-9-7-12-6-8-15(18-10-1-2-11-18)13-4-3-5-14(16)17(12)13/h3-9H,1-2,10-11H2. The van der Waals surface area contributed by atoms with Gasteiger partial charge in [0.2, 0.25) is 0 Å². The van der Waals surface area contributed by atoms with Crippen LogP contribution in [0.5, 0.6) is 0 Å². The van der Waals surface area contributed by atoms with Gasteiger partial charge in [-0.2, -0.15) is 0 Å². The summed E-state index contributed by atoms with van der Waals surface area (Å²) in [4.78, 5) is 14.4. The smallest absolute Gasteiger partial charge is 0.186 e. The highest BCUT2D eigenvalue weighted by molar-refractivity contribution is 6.21. The second kappa shape index (κ2) is 3.95. The second-order valence-electron chi connectivity index (χ2n) is 5.29. The summed E-state index contributed by atoms with van der Waals surface area (Å²) in [6, 6.07) is 10.4. The van der Waals surface area contributed by atoms with Gasteiger partial charge in [0.15, 0.2) is 5.78 Å².